The van der Waals surface area contributed by atoms with Crippen molar-refractivity contribution < 1.29 is 4.43 Å². The van der Waals surface area contributed by atoms with Gasteiger partial charge in [0.25, 0.3) is 0 Å². The summed E-state index contributed by atoms with van der Waals surface area (Å²) in [4.78, 5) is 0. The van der Waals surface area contributed by atoms with E-state index in [1.165, 1.54) is 30.0 Å². The number of rotatable bonds is 5. The van der Waals surface area contributed by atoms with Gasteiger partial charge in [-0.15, -0.1) is 0 Å². The minimum atomic E-state index is -1.55. The maximum absolute atomic E-state index is 6.30. The lowest BCUT2D eigenvalue weighted by Gasteiger charge is -2.26. The van der Waals surface area contributed by atoms with Gasteiger partial charge in [0.15, 0.2) is 8.32 Å². The zero-order chi connectivity index (χ0) is 12.3. The number of unbranched alkanes of at least 4 members (excludes halogenated alkanes) is 1. The van der Waals surface area contributed by atoms with Crippen molar-refractivity contribution in [3.63, 3.8) is 0 Å². The quantitative estimate of drug-likeness (QED) is 0.688. The smallest absolute Gasteiger partial charge is 0.188 e. The van der Waals surface area contributed by atoms with Gasteiger partial charge in [0, 0.05) is 0 Å². The molecule has 0 heterocycles. The van der Waals surface area contributed by atoms with Crippen LogP contribution < -0.4 is 0 Å². The highest BCUT2D eigenvalue weighted by Gasteiger charge is 2.29. The molecule has 0 aliphatic heterocycles. The monoisotopic (exact) mass is 245 g/mol. The third kappa shape index (κ3) is 3.08. The third-order valence-corrected chi connectivity index (χ3v) is 5.49. The van der Waals surface area contributed by atoms with Crippen LogP contribution in [0.4, 0.5) is 0 Å². The van der Waals surface area contributed by atoms with Gasteiger partial charge < -0.3 is 4.43 Å². The summed E-state index contributed by atoms with van der Waals surface area (Å²) in [5.41, 5.74) is 2.53. The summed E-state index contributed by atoms with van der Waals surface area (Å²) in [5, 5.41) is 0. The Hall–Kier alpha value is -0.863. The fourth-order valence-corrected chi connectivity index (χ4v) is 4.24. The van der Waals surface area contributed by atoms with Crippen LogP contribution in [0, 0.1) is 6.10 Å². The first kappa shape index (κ1) is 12.6. The summed E-state index contributed by atoms with van der Waals surface area (Å²) in [7, 11) is -1.55. The average Bonchev–Trinajstić information content (AvgIpc) is 2.70. The lowest BCUT2D eigenvalue weighted by molar-refractivity contribution is 0.371. The molecule has 0 bridgehead atoms. The lowest BCUT2D eigenvalue weighted by atomic mass is 10.1. The van der Waals surface area contributed by atoms with E-state index in [9.17, 15) is 0 Å². The van der Waals surface area contributed by atoms with Gasteiger partial charge in [-0.05, 0) is 36.3 Å². The Bertz CT molecular complexity index is 409. The van der Waals surface area contributed by atoms with Crippen molar-refractivity contribution in [3.05, 3.63) is 47.6 Å². The summed E-state index contributed by atoms with van der Waals surface area (Å²) in [6.45, 7) is 6.86. The highest BCUT2D eigenvalue weighted by atomic mass is 28.4. The van der Waals surface area contributed by atoms with Crippen LogP contribution in [0.25, 0.3) is 6.08 Å². The molecule has 1 aliphatic rings. The molecule has 17 heavy (non-hydrogen) atoms. The molecule has 0 unspecified atom stereocenters. The van der Waals surface area contributed by atoms with Crippen molar-refractivity contribution in [3.8, 4) is 0 Å². The molecule has 0 fully saturated rings. The molecule has 91 valence electrons. The maximum Gasteiger partial charge on any atom is 0.188 e. The Morgan fingerprint density at radius 3 is 2.65 bits per heavy atom. The van der Waals surface area contributed by atoms with E-state index >= 15 is 0 Å². The molecule has 1 nitrogen and oxygen atoms in total. The average molecular weight is 245 g/mol. The van der Waals surface area contributed by atoms with Gasteiger partial charge in [-0.25, -0.2) is 0 Å². The molecular formula is C15H21OSi. The molecule has 2 rings (SSSR count). The molecule has 1 aromatic carbocycles. The standard InChI is InChI=1S/C15H21OSi/c1-4-5-12-17(2,3)16-15-11-10-13-8-6-7-9-14(13)15/h6-11H,4-5,12H2,1-3H3. The molecule has 2 heteroatoms. The van der Waals surface area contributed by atoms with Gasteiger partial charge >= 0.3 is 0 Å². The number of hydrogen-bond donors (Lipinski definition) is 0. The second-order valence-corrected chi connectivity index (χ2v) is 9.47. The van der Waals surface area contributed by atoms with Crippen molar-refractivity contribution in [2.75, 3.05) is 0 Å². The second kappa shape index (κ2) is 5.19. The Morgan fingerprint density at radius 2 is 1.88 bits per heavy atom. The van der Waals surface area contributed by atoms with E-state index in [2.05, 4.69) is 56.4 Å². The van der Waals surface area contributed by atoms with Crippen LogP contribution in [-0.2, 0) is 4.43 Å². The molecule has 0 N–H and O–H groups in total. The lowest BCUT2D eigenvalue weighted by Crippen LogP contribution is -2.31. The molecule has 0 spiro atoms. The topological polar surface area (TPSA) is 9.23 Å². The molecule has 0 amide bonds. The summed E-state index contributed by atoms with van der Waals surface area (Å²) in [5.74, 6) is 0. The van der Waals surface area contributed by atoms with Crippen molar-refractivity contribution >= 4 is 14.4 Å². The summed E-state index contributed by atoms with van der Waals surface area (Å²) < 4.78 is 6.30. The highest BCUT2D eigenvalue weighted by Crippen LogP contribution is 2.33. The van der Waals surface area contributed by atoms with Crippen LogP contribution in [0.5, 0.6) is 0 Å². The first-order chi connectivity index (χ1) is 8.12. The second-order valence-electron chi connectivity index (χ2n) is 5.25. The van der Waals surface area contributed by atoms with Crippen molar-refractivity contribution in [2.45, 2.75) is 38.9 Å². The summed E-state index contributed by atoms with van der Waals surface area (Å²) in [6, 6.07) is 9.68. The minimum Gasteiger partial charge on any atom is -0.401 e. The van der Waals surface area contributed by atoms with Crippen molar-refractivity contribution in [2.24, 2.45) is 0 Å². The Balaban J connectivity index is 2.04. The van der Waals surface area contributed by atoms with Gasteiger partial charge in [0.1, 0.15) is 6.10 Å². The van der Waals surface area contributed by atoms with Crippen LogP contribution in [0.2, 0.25) is 19.1 Å². The minimum absolute atomic E-state index is 1.08. The van der Waals surface area contributed by atoms with Crippen molar-refractivity contribution in [1.82, 2.24) is 0 Å². The zero-order valence-corrected chi connectivity index (χ0v) is 12.0. The molecule has 0 atom stereocenters. The van der Waals surface area contributed by atoms with Crippen molar-refractivity contribution in [1.29, 1.82) is 0 Å². The van der Waals surface area contributed by atoms with E-state index in [1.54, 1.807) is 0 Å². The van der Waals surface area contributed by atoms with Gasteiger partial charge in [-0.3, -0.25) is 0 Å². The molecule has 0 aromatic heterocycles. The van der Waals surface area contributed by atoms with E-state index < -0.39 is 8.32 Å². The van der Waals surface area contributed by atoms with Gasteiger partial charge in [0.05, 0.1) is 0 Å². The van der Waals surface area contributed by atoms with Gasteiger partial charge in [0.2, 0.25) is 0 Å². The largest absolute Gasteiger partial charge is 0.401 e. The SMILES string of the molecule is CCCC[Si](C)(C)O[C]1C=Cc2ccccc21. The molecule has 0 saturated heterocycles. The number of benzene rings is 1. The predicted molar refractivity (Wildman–Crippen MR) is 76.1 cm³/mol. The highest BCUT2D eigenvalue weighted by molar-refractivity contribution is 6.71. The van der Waals surface area contributed by atoms with Gasteiger partial charge in [-0.1, -0.05) is 50.1 Å². The Morgan fingerprint density at radius 1 is 1.12 bits per heavy atom. The summed E-state index contributed by atoms with van der Waals surface area (Å²) >= 11 is 0. The van der Waals surface area contributed by atoms with E-state index in [4.69, 9.17) is 4.43 Å². The maximum atomic E-state index is 6.30. The summed E-state index contributed by atoms with van der Waals surface area (Å²) in [6.07, 6.45) is 7.87. The molecule has 1 aromatic rings. The number of fused-ring (bicyclic) bond motifs is 1. The Kier molecular flexibility index (Phi) is 3.85. The first-order valence-electron chi connectivity index (χ1n) is 6.46. The number of hydrogen-bond acceptors (Lipinski definition) is 1. The van der Waals surface area contributed by atoms with Crippen LogP contribution >= 0.6 is 0 Å². The predicted octanol–water partition coefficient (Wildman–Crippen LogP) is 4.62. The van der Waals surface area contributed by atoms with E-state index in [-0.39, 0.29) is 0 Å². The molecule has 0 saturated carbocycles. The van der Waals surface area contributed by atoms with E-state index in [0.29, 0.717) is 0 Å². The van der Waals surface area contributed by atoms with E-state index in [1.807, 2.05) is 0 Å². The molecular weight excluding hydrogens is 224 g/mol. The van der Waals surface area contributed by atoms with Crippen LogP contribution in [0.15, 0.2) is 30.3 Å². The third-order valence-electron chi connectivity index (χ3n) is 3.16. The van der Waals surface area contributed by atoms with E-state index in [0.717, 1.165) is 6.10 Å². The zero-order valence-electron chi connectivity index (χ0n) is 11.0. The fraction of sp³-hybridized carbons (Fsp3) is 0.400. The first-order valence-corrected chi connectivity index (χ1v) is 9.57. The molecule has 1 aliphatic carbocycles. The van der Waals surface area contributed by atoms with Gasteiger partial charge in [-0.2, -0.15) is 0 Å². The van der Waals surface area contributed by atoms with Crippen LogP contribution in [0.1, 0.15) is 30.9 Å². The van der Waals surface area contributed by atoms with Crippen LogP contribution in [-0.4, -0.2) is 8.32 Å². The fourth-order valence-electron chi connectivity index (χ4n) is 2.16. The molecule has 1 radical (unpaired) electrons. The normalized spacial score (nSPS) is 15.2. The van der Waals surface area contributed by atoms with Crippen LogP contribution in [0.3, 0.4) is 0 Å². The Labute approximate surface area is 106 Å².